The van der Waals surface area contributed by atoms with Crippen molar-refractivity contribution in [3.8, 4) is 30.6 Å². The second-order valence-corrected chi connectivity index (χ2v) is 10.6. The van der Waals surface area contributed by atoms with Crippen LogP contribution in [0.1, 0.15) is 16.0 Å². The predicted octanol–water partition coefficient (Wildman–Crippen LogP) is 6.99. The van der Waals surface area contributed by atoms with Crippen molar-refractivity contribution >= 4 is 56.8 Å². The molecule has 2 N–H and O–H groups in total. The average molecular weight is 454 g/mol. The lowest BCUT2D eigenvalue weighted by Crippen LogP contribution is -2.00. The number of hydrogen-bond acceptors (Lipinski definition) is 7. The molecule has 7 heteroatoms. The first kappa shape index (κ1) is 19.1. The summed E-state index contributed by atoms with van der Waals surface area (Å²) in [6, 6.07) is 13.3. The fraction of sp³-hybridized carbons (Fsp3) is 0.182. The van der Waals surface area contributed by atoms with Crippen LogP contribution in [0.3, 0.4) is 0 Å². The Morgan fingerprint density at radius 3 is 2.28 bits per heavy atom. The molecule has 146 valence electrons. The third-order valence-corrected chi connectivity index (χ3v) is 9.17. The Morgan fingerprint density at radius 2 is 1.59 bits per heavy atom. The van der Waals surface area contributed by atoms with Gasteiger partial charge in [0.15, 0.2) is 0 Å². The van der Waals surface area contributed by atoms with Crippen LogP contribution in [0.4, 0.5) is 0 Å². The summed E-state index contributed by atoms with van der Waals surface area (Å²) in [5, 5.41) is 2.14. The Morgan fingerprint density at radius 1 is 0.828 bits per heavy atom. The molecule has 0 radical (unpaired) electrons. The van der Waals surface area contributed by atoms with Crippen molar-refractivity contribution < 1.29 is 0 Å². The van der Waals surface area contributed by atoms with Gasteiger partial charge in [-0.05, 0) is 67.6 Å². The summed E-state index contributed by atoms with van der Waals surface area (Å²) >= 11 is 6.74. The van der Waals surface area contributed by atoms with E-state index < -0.39 is 0 Å². The molecule has 0 amide bonds. The van der Waals surface area contributed by atoms with Crippen molar-refractivity contribution in [1.29, 1.82) is 0 Å². The molecule has 0 atom stereocenters. The molecule has 4 aromatic heterocycles. The fourth-order valence-corrected chi connectivity index (χ4v) is 7.37. The molecular formula is C22H19N3S4. The molecule has 3 nitrogen and oxygen atoms in total. The molecule has 5 rings (SSSR count). The van der Waals surface area contributed by atoms with Crippen LogP contribution >= 0.6 is 45.7 Å². The van der Waals surface area contributed by atoms with E-state index in [0.717, 1.165) is 17.5 Å². The second-order valence-electron chi connectivity index (χ2n) is 6.98. The first-order valence-electron chi connectivity index (χ1n) is 9.35. The Kier molecular flexibility index (Phi) is 5.09. The highest BCUT2D eigenvalue weighted by Crippen LogP contribution is 2.44. The quantitative estimate of drug-likeness (QED) is 0.312. The van der Waals surface area contributed by atoms with E-state index >= 15 is 0 Å². The number of benzene rings is 1. The zero-order valence-electron chi connectivity index (χ0n) is 16.1. The smallest absolute Gasteiger partial charge is 0.114 e. The van der Waals surface area contributed by atoms with Crippen LogP contribution in [0, 0.1) is 13.8 Å². The van der Waals surface area contributed by atoms with Gasteiger partial charge in [0.1, 0.15) is 11.0 Å². The van der Waals surface area contributed by atoms with Crippen LogP contribution in [0.2, 0.25) is 0 Å². The van der Waals surface area contributed by atoms with Crippen LogP contribution in [0.5, 0.6) is 0 Å². The summed E-state index contributed by atoms with van der Waals surface area (Å²) in [7, 11) is 0. The monoisotopic (exact) mass is 453 g/mol. The number of rotatable bonds is 5. The van der Waals surface area contributed by atoms with Gasteiger partial charge in [-0.2, -0.15) is 8.75 Å². The van der Waals surface area contributed by atoms with E-state index in [4.69, 9.17) is 5.73 Å². The molecule has 4 heterocycles. The summed E-state index contributed by atoms with van der Waals surface area (Å²) in [6.07, 6.45) is 0.941. The van der Waals surface area contributed by atoms with E-state index in [1.807, 2.05) is 22.7 Å². The lowest BCUT2D eigenvalue weighted by atomic mass is 10.0. The number of aromatic nitrogens is 2. The van der Waals surface area contributed by atoms with E-state index in [1.54, 1.807) is 11.3 Å². The molecule has 0 aliphatic rings. The average Bonchev–Trinajstić information content (AvgIpc) is 3.48. The maximum Gasteiger partial charge on any atom is 0.114 e. The van der Waals surface area contributed by atoms with Crippen molar-refractivity contribution in [3.05, 3.63) is 57.8 Å². The van der Waals surface area contributed by atoms with E-state index in [-0.39, 0.29) is 0 Å². The van der Waals surface area contributed by atoms with Crippen molar-refractivity contribution in [2.75, 3.05) is 6.54 Å². The van der Waals surface area contributed by atoms with Crippen molar-refractivity contribution in [1.82, 2.24) is 8.75 Å². The third-order valence-electron chi connectivity index (χ3n) is 4.98. The topological polar surface area (TPSA) is 51.8 Å². The van der Waals surface area contributed by atoms with E-state index in [0.29, 0.717) is 6.54 Å². The lowest BCUT2D eigenvalue weighted by Gasteiger charge is -2.06. The van der Waals surface area contributed by atoms with Crippen LogP contribution in [0.25, 0.3) is 41.7 Å². The molecule has 0 bridgehead atoms. The van der Waals surface area contributed by atoms with Gasteiger partial charge in [0.25, 0.3) is 0 Å². The molecular weight excluding hydrogens is 435 g/mol. The number of nitrogens with zero attached hydrogens (tertiary/aromatic N) is 2. The summed E-state index contributed by atoms with van der Waals surface area (Å²) in [5.74, 6) is 0. The van der Waals surface area contributed by atoms with Gasteiger partial charge < -0.3 is 5.73 Å². The van der Waals surface area contributed by atoms with Crippen molar-refractivity contribution in [2.24, 2.45) is 5.73 Å². The molecule has 0 aliphatic carbocycles. The predicted molar refractivity (Wildman–Crippen MR) is 130 cm³/mol. The summed E-state index contributed by atoms with van der Waals surface area (Å²) in [4.78, 5) is 6.52. The normalized spacial score (nSPS) is 11.6. The Hall–Kier alpha value is -1.90. The minimum atomic E-state index is 0.694. The third kappa shape index (κ3) is 3.37. The molecule has 1 aromatic carbocycles. The molecule has 0 spiro atoms. The highest BCUT2D eigenvalue weighted by Gasteiger charge is 2.18. The van der Waals surface area contributed by atoms with Gasteiger partial charge in [0.05, 0.1) is 11.7 Å². The zero-order chi connectivity index (χ0) is 20.0. The largest absolute Gasteiger partial charge is 0.330 e. The van der Waals surface area contributed by atoms with Gasteiger partial charge in [-0.3, -0.25) is 0 Å². The molecule has 0 fully saturated rings. The minimum Gasteiger partial charge on any atom is -0.330 e. The van der Waals surface area contributed by atoms with E-state index in [2.05, 4.69) is 64.4 Å². The van der Waals surface area contributed by atoms with Crippen LogP contribution in [-0.4, -0.2) is 15.3 Å². The summed E-state index contributed by atoms with van der Waals surface area (Å²) in [6.45, 7) is 5.03. The zero-order valence-corrected chi connectivity index (χ0v) is 19.3. The minimum absolute atomic E-state index is 0.694. The van der Waals surface area contributed by atoms with Gasteiger partial charge >= 0.3 is 0 Å². The maximum atomic E-state index is 5.71. The number of nitrogens with two attached hydrogens (primary N) is 1. The first-order chi connectivity index (χ1) is 14.2. The van der Waals surface area contributed by atoms with Crippen LogP contribution < -0.4 is 5.73 Å². The molecule has 0 saturated carbocycles. The SMILES string of the molecule is Cc1ccsc1-c1ccc(-c2sc(-c3ccc(CCN)s3)cc2C)c2nsnc12. The van der Waals surface area contributed by atoms with Crippen molar-refractivity contribution in [3.63, 3.8) is 0 Å². The van der Waals surface area contributed by atoms with E-state index in [9.17, 15) is 0 Å². The lowest BCUT2D eigenvalue weighted by molar-refractivity contribution is 0.989. The number of hydrogen-bond donors (Lipinski definition) is 1. The van der Waals surface area contributed by atoms with Gasteiger partial charge in [-0.25, -0.2) is 0 Å². The van der Waals surface area contributed by atoms with Gasteiger partial charge in [0, 0.05) is 35.5 Å². The molecule has 0 aliphatic heterocycles. The standard InChI is InChI=1S/C22H19N3S4/c1-12-8-10-26-21(12)15-4-5-16(20-19(15)24-29-25-20)22-13(2)11-18(28-22)17-6-3-14(27-17)7-9-23/h3-6,8,10-11H,7,9,23H2,1-2H3. The molecule has 0 unspecified atom stereocenters. The summed E-state index contributed by atoms with van der Waals surface area (Å²) < 4.78 is 9.33. The number of fused-ring (bicyclic) bond motifs is 1. The van der Waals surface area contributed by atoms with Gasteiger partial charge in [0.2, 0.25) is 0 Å². The Labute approximate surface area is 185 Å². The fourth-order valence-electron chi connectivity index (χ4n) is 3.54. The molecule has 29 heavy (non-hydrogen) atoms. The highest BCUT2D eigenvalue weighted by atomic mass is 32.1. The Bertz CT molecular complexity index is 1300. The number of aryl methyl sites for hydroxylation is 2. The van der Waals surface area contributed by atoms with Crippen LogP contribution in [0.15, 0.2) is 41.8 Å². The van der Waals surface area contributed by atoms with Crippen LogP contribution in [-0.2, 0) is 6.42 Å². The first-order valence-corrected chi connectivity index (χ1v) is 12.6. The number of thiophene rings is 3. The van der Waals surface area contributed by atoms with Gasteiger partial charge in [-0.1, -0.05) is 12.1 Å². The van der Waals surface area contributed by atoms with Crippen molar-refractivity contribution in [2.45, 2.75) is 20.3 Å². The second kappa shape index (κ2) is 7.74. The molecule has 5 aromatic rings. The maximum absolute atomic E-state index is 5.71. The van der Waals surface area contributed by atoms with Gasteiger partial charge in [-0.15, -0.1) is 34.0 Å². The van der Waals surface area contributed by atoms with E-state index in [1.165, 1.54) is 58.4 Å². The summed E-state index contributed by atoms with van der Waals surface area (Å²) in [5.41, 5.74) is 12.7. The highest BCUT2D eigenvalue weighted by molar-refractivity contribution is 7.24. The molecule has 0 saturated heterocycles. The Balaban J connectivity index is 1.61.